The second-order valence-corrected chi connectivity index (χ2v) is 8.60. The average Bonchev–Trinajstić information content (AvgIpc) is 3.08. The third-order valence-corrected chi connectivity index (χ3v) is 6.00. The molecule has 0 bridgehead atoms. The van der Waals surface area contributed by atoms with Crippen molar-refractivity contribution in [3.05, 3.63) is 65.6 Å². The Hall–Kier alpha value is -2.97. The van der Waals surface area contributed by atoms with Crippen molar-refractivity contribution < 1.29 is 23.7 Å². The molecule has 1 saturated heterocycles. The van der Waals surface area contributed by atoms with Crippen LogP contribution in [0.5, 0.6) is 23.0 Å². The van der Waals surface area contributed by atoms with E-state index in [1.807, 2.05) is 55.5 Å². The molecule has 0 N–H and O–H groups in total. The molecule has 6 nitrogen and oxygen atoms in total. The maximum Gasteiger partial charge on any atom is 0.266 e. The number of thiocarbonyl (C=S) groups is 1. The number of benzene rings is 2. The quantitative estimate of drug-likeness (QED) is 0.174. The summed E-state index contributed by atoms with van der Waals surface area (Å²) in [5.74, 6) is 2.56. The lowest BCUT2D eigenvalue weighted by atomic mass is 10.2. The standard InChI is InChI=1S/C25H27NO5S2/c1-4-13-26-24(27)23(33-25(26)32)17-18-11-12-21(22(16-18)29-5-2)31-15-8-14-30-20-10-7-6-9-19(20)28-3/h4,6-7,9-12,16-17H,1,5,8,13-15H2,2-3H3/b23-17+. The number of ether oxygens (including phenoxy) is 4. The molecule has 0 spiro atoms. The Bertz CT molecular complexity index is 1040. The minimum Gasteiger partial charge on any atom is -0.493 e. The van der Waals surface area contributed by atoms with E-state index in [0.717, 1.165) is 5.56 Å². The molecule has 1 aliphatic heterocycles. The third-order valence-electron chi connectivity index (χ3n) is 4.62. The molecule has 0 saturated carbocycles. The predicted molar refractivity (Wildman–Crippen MR) is 136 cm³/mol. The van der Waals surface area contributed by atoms with Gasteiger partial charge in [0.05, 0.1) is 31.8 Å². The van der Waals surface area contributed by atoms with Gasteiger partial charge >= 0.3 is 0 Å². The number of thioether (sulfide) groups is 1. The number of hydrogen-bond acceptors (Lipinski definition) is 7. The highest BCUT2D eigenvalue weighted by molar-refractivity contribution is 8.26. The van der Waals surface area contributed by atoms with Crippen LogP contribution in [0.2, 0.25) is 0 Å². The summed E-state index contributed by atoms with van der Waals surface area (Å²) in [7, 11) is 1.62. The van der Waals surface area contributed by atoms with Gasteiger partial charge in [-0.05, 0) is 42.8 Å². The lowest BCUT2D eigenvalue weighted by Crippen LogP contribution is -2.27. The molecule has 33 heavy (non-hydrogen) atoms. The molecule has 1 aliphatic rings. The molecule has 0 atom stereocenters. The third kappa shape index (κ3) is 6.52. The van der Waals surface area contributed by atoms with E-state index >= 15 is 0 Å². The van der Waals surface area contributed by atoms with Crippen LogP contribution in [0.3, 0.4) is 0 Å². The zero-order valence-electron chi connectivity index (χ0n) is 18.7. The van der Waals surface area contributed by atoms with Gasteiger partial charge in [-0.2, -0.15) is 0 Å². The van der Waals surface area contributed by atoms with Gasteiger partial charge in [-0.3, -0.25) is 9.69 Å². The first kappa shape index (κ1) is 24.7. The molecule has 8 heteroatoms. The second-order valence-electron chi connectivity index (χ2n) is 6.92. The summed E-state index contributed by atoms with van der Waals surface area (Å²) in [6, 6.07) is 13.1. The number of amides is 1. The molecule has 1 heterocycles. The Balaban J connectivity index is 1.60. The monoisotopic (exact) mass is 485 g/mol. The van der Waals surface area contributed by atoms with E-state index in [2.05, 4.69) is 6.58 Å². The normalized spacial score (nSPS) is 14.5. The summed E-state index contributed by atoms with van der Waals surface area (Å²) in [5, 5.41) is 0. The van der Waals surface area contributed by atoms with Crippen LogP contribution in [0.1, 0.15) is 18.9 Å². The van der Waals surface area contributed by atoms with Crippen molar-refractivity contribution >= 4 is 40.3 Å². The van der Waals surface area contributed by atoms with Crippen LogP contribution in [0.4, 0.5) is 0 Å². The maximum absolute atomic E-state index is 12.6. The van der Waals surface area contributed by atoms with Crippen molar-refractivity contribution in [2.45, 2.75) is 13.3 Å². The molecule has 174 valence electrons. The summed E-state index contributed by atoms with van der Waals surface area (Å²) in [6.45, 7) is 7.45. The number of rotatable bonds is 12. The van der Waals surface area contributed by atoms with E-state index < -0.39 is 0 Å². The smallest absolute Gasteiger partial charge is 0.266 e. The molecular weight excluding hydrogens is 458 g/mol. The molecule has 0 aliphatic carbocycles. The predicted octanol–water partition coefficient (Wildman–Crippen LogP) is 5.33. The molecule has 0 radical (unpaired) electrons. The summed E-state index contributed by atoms with van der Waals surface area (Å²) in [6.07, 6.45) is 4.17. The minimum absolute atomic E-state index is 0.113. The van der Waals surface area contributed by atoms with Crippen molar-refractivity contribution in [3.63, 3.8) is 0 Å². The fourth-order valence-corrected chi connectivity index (χ4v) is 4.38. The van der Waals surface area contributed by atoms with E-state index in [0.29, 0.717) is 65.0 Å². The first-order valence-corrected chi connectivity index (χ1v) is 11.8. The highest BCUT2D eigenvalue weighted by Gasteiger charge is 2.31. The zero-order valence-corrected chi connectivity index (χ0v) is 20.4. The number of nitrogens with zero attached hydrogens (tertiary/aromatic N) is 1. The van der Waals surface area contributed by atoms with Crippen molar-refractivity contribution in [1.29, 1.82) is 0 Å². The lowest BCUT2D eigenvalue weighted by molar-refractivity contribution is -0.121. The number of hydrogen-bond donors (Lipinski definition) is 0. The van der Waals surface area contributed by atoms with Gasteiger partial charge in [0, 0.05) is 13.0 Å². The number of carbonyl (C=O) groups is 1. The van der Waals surface area contributed by atoms with E-state index in [1.54, 1.807) is 13.2 Å². The average molecular weight is 486 g/mol. The molecule has 2 aromatic carbocycles. The van der Waals surface area contributed by atoms with Gasteiger partial charge in [0.1, 0.15) is 4.32 Å². The highest BCUT2D eigenvalue weighted by atomic mass is 32.2. The van der Waals surface area contributed by atoms with Crippen LogP contribution in [-0.4, -0.2) is 48.6 Å². The number of para-hydroxylation sites is 2. The SMILES string of the molecule is C=CCN1C(=O)/C(=C\c2ccc(OCCCOc3ccccc3OC)c(OCC)c2)SC1=S. The fraction of sp³-hybridized carbons (Fsp3) is 0.280. The van der Waals surface area contributed by atoms with Crippen LogP contribution in [0.25, 0.3) is 6.08 Å². The van der Waals surface area contributed by atoms with Crippen molar-refractivity contribution in [2.75, 3.05) is 33.5 Å². The van der Waals surface area contributed by atoms with Crippen LogP contribution in [0, 0.1) is 0 Å². The van der Waals surface area contributed by atoms with Crippen molar-refractivity contribution in [1.82, 2.24) is 4.90 Å². The molecule has 3 rings (SSSR count). The minimum atomic E-state index is -0.113. The van der Waals surface area contributed by atoms with Crippen molar-refractivity contribution in [2.24, 2.45) is 0 Å². The van der Waals surface area contributed by atoms with Crippen molar-refractivity contribution in [3.8, 4) is 23.0 Å². The van der Waals surface area contributed by atoms with E-state index in [1.165, 1.54) is 16.7 Å². The van der Waals surface area contributed by atoms with Gasteiger partial charge in [-0.15, -0.1) is 6.58 Å². The summed E-state index contributed by atoms with van der Waals surface area (Å²) in [4.78, 5) is 14.7. The van der Waals surface area contributed by atoms with E-state index in [-0.39, 0.29) is 5.91 Å². The van der Waals surface area contributed by atoms with Crippen LogP contribution in [-0.2, 0) is 4.79 Å². The lowest BCUT2D eigenvalue weighted by Gasteiger charge is -2.14. The largest absolute Gasteiger partial charge is 0.493 e. The zero-order chi connectivity index (χ0) is 23.6. The molecule has 1 fully saturated rings. The molecule has 1 amide bonds. The fourth-order valence-electron chi connectivity index (χ4n) is 3.10. The van der Waals surface area contributed by atoms with E-state index in [4.69, 9.17) is 31.2 Å². The Labute approximate surface area is 204 Å². The molecular formula is C25H27NO5S2. The van der Waals surface area contributed by atoms with Gasteiger partial charge in [-0.1, -0.05) is 48.3 Å². The molecule has 0 unspecified atom stereocenters. The summed E-state index contributed by atoms with van der Waals surface area (Å²) >= 11 is 6.58. The van der Waals surface area contributed by atoms with Gasteiger partial charge < -0.3 is 18.9 Å². The Kier molecular flexibility index (Phi) is 9.21. The topological polar surface area (TPSA) is 57.2 Å². The second kappa shape index (κ2) is 12.3. The molecule has 0 aromatic heterocycles. The Morgan fingerprint density at radius 1 is 1.03 bits per heavy atom. The van der Waals surface area contributed by atoms with Gasteiger partial charge in [0.25, 0.3) is 5.91 Å². The maximum atomic E-state index is 12.6. The first-order valence-electron chi connectivity index (χ1n) is 10.6. The first-order chi connectivity index (χ1) is 16.1. The number of carbonyl (C=O) groups excluding carboxylic acids is 1. The molecule has 2 aromatic rings. The summed E-state index contributed by atoms with van der Waals surface area (Å²) in [5.41, 5.74) is 0.837. The Morgan fingerprint density at radius 2 is 1.73 bits per heavy atom. The summed E-state index contributed by atoms with van der Waals surface area (Å²) < 4.78 is 23.3. The highest BCUT2D eigenvalue weighted by Crippen LogP contribution is 2.35. The Morgan fingerprint density at radius 3 is 2.39 bits per heavy atom. The number of methoxy groups -OCH3 is 1. The van der Waals surface area contributed by atoms with Gasteiger partial charge in [0.2, 0.25) is 0 Å². The van der Waals surface area contributed by atoms with Crippen LogP contribution >= 0.6 is 24.0 Å². The van der Waals surface area contributed by atoms with Gasteiger partial charge in [-0.25, -0.2) is 0 Å². The van der Waals surface area contributed by atoms with E-state index in [9.17, 15) is 4.79 Å². The van der Waals surface area contributed by atoms with Crippen LogP contribution < -0.4 is 18.9 Å². The van der Waals surface area contributed by atoms with Gasteiger partial charge in [0.15, 0.2) is 23.0 Å². The van der Waals surface area contributed by atoms with Crippen LogP contribution in [0.15, 0.2) is 60.0 Å².